The third-order valence-electron chi connectivity index (χ3n) is 5.90. The van der Waals surface area contributed by atoms with Crippen LogP contribution in [0.1, 0.15) is 79.1 Å². The number of carbonyl (C=O) groups is 3. The number of carboxylic acid groups (broad SMARTS) is 3. The van der Waals surface area contributed by atoms with Crippen LogP contribution in [0.5, 0.6) is 0 Å². The fourth-order valence-electron chi connectivity index (χ4n) is 4.18. The van der Waals surface area contributed by atoms with Gasteiger partial charge in [0, 0.05) is 0 Å². The highest BCUT2D eigenvalue weighted by Gasteiger charge is 2.38. The first-order valence-corrected chi connectivity index (χ1v) is 11.7. The molecule has 0 radical (unpaired) electrons. The number of quaternary nitrogens is 1. The van der Waals surface area contributed by atoms with E-state index in [4.69, 9.17) is 0 Å². The van der Waals surface area contributed by atoms with Crippen LogP contribution in [0.25, 0.3) is 0 Å². The standard InChI is InChI=1S/C24H43NO6/c1-5-6-7-8-9-10-11-12-13-14-15-25(16-19(2)22(26)27,17-20(3)23(28)29)18-21(4)24(30)31/h6-7,19-21H,5,8-18H2,1-4H3,(H2-,26,27,28,29,30,31)/p+1/b7-6+. The molecule has 0 aliphatic rings. The Labute approximate surface area is 187 Å². The third kappa shape index (κ3) is 13.2. The van der Waals surface area contributed by atoms with Gasteiger partial charge < -0.3 is 19.8 Å². The lowest BCUT2D eigenvalue weighted by Gasteiger charge is -2.42. The SMILES string of the molecule is CC/C=C/CCCCCCCC[N+](CC(C)C(=O)O)(CC(C)C(=O)O)CC(C)C(=O)O. The summed E-state index contributed by atoms with van der Waals surface area (Å²) in [5.74, 6) is -4.82. The number of aliphatic carboxylic acids is 3. The minimum Gasteiger partial charge on any atom is -0.481 e. The normalized spacial score (nSPS) is 16.5. The minimum absolute atomic E-state index is 0.218. The van der Waals surface area contributed by atoms with Crippen LogP contribution < -0.4 is 0 Å². The van der Waals surface area contributed by atoms with Crippen molar-refractivity contribution >= 4 is 17.9 Å². The average molecular weight is 443 g/mol. The molecule has 3 N–H and O–H groups in total. The summed E-state index contributed by atoms with van der Waals surface area (Å²) in [6, 6.07) is 0. The Hall–Kier alpha value is -1.89. The van der Waals surface area contributed by atoms with Crippen molar-refractivity contribution in [2.45, 2.75) is 79.1 Å². The third-order valence-corrected chi connectivity index (χ3v) is 5.90. The van der Waals surface area contributed by atoms with E-state index in [0.29, 0.717) is 6.54 Å². The van der Waals surface area contributed by atoms with Gasteiger partial charge in [0.1, 0.15) is 17.8 Å². The summed E-state index contributed by atoms with van der Waals surface area (Å²) in [5.41, 5.74) is 0. The summed E-state index contributed by atoms with van der Waals surface area (Å²) in [6.07, 6.45) is 13.0. The molecule has 0 saturated heterocycles. The zero-order valence-electron chi connectivity index (χ0n) is 19.9. The van der Waals surface area contributed by atoms with Gasteiger partial charge in [-0.25, -0.2) is 0 Å². The number of hydrogen-bond donors (Lipinski definition) is 3. The molecule has 0 aromatic heterocycles. The van der Waals surface area contributed by atoms with Crippen molar-refractivity contribution in [3.63, 3.8) is 0 Å². The smallest absolute Gasteiger partial charge is 0.311 e. The lowest BCUT2D eigenvalue weighted by Crippen LogP contribution is -2.57. The number of carboxylic acids is 3. The lowest BCUT2D eigenvalue weighted by molar-refractivity contribution is -0.934. The number of rotatable bonds is 19. The Balaban J connectivity index is 5.03. The van der Waals surface area contributed by atoms with Gasteiger partial charge in [0.25, 0.3) is 0 Å². The van der Waals surface area contributed by atoms with Crippen LogP contribution in [-0.4, -0.2) is 63.9 Å². The monoisotopic (exact) mass is 442 g/mol. The fourth-order valence-corrected chi connectivity index (χ4v) is 4.18. The molecule has 0 aliphatic carbocycles. The molecule has 3 atom stereocenters. The van der Waals surface area contributed by atoms with E-state index in [1.54, 1.807) is 20.8 Å². The Kier molecular flexibility index (Phi) is 14.9. The predicted octanol–water partition coefficient (Wildman–Crippen LogP) is 4.66. The fraction of sp³-hybridized carbons (Fsp3) is 0.792. The van der Waals surface area contributed by atoms with Crippen molar-refractivity contribution in [3.05, 3.63) is 12.2 Å². The molecule has 0 spiro atoms. The van der Waals surface area contributed by atoms with E-state index in [-0.39, 0.29) is 24.1 Å². The van der Waals surface area contributed by atoms with Crippen LogP contribution in [0.3, 0.4) is 0 Å². The molecule has 31 heavy (non-hydrogen) atoms. The Morgan fingerprint density at radius 3 is 1.45 bits per heavy atom. The molecule has 7 nitrogen and oxygen atoms in total. The van der Waals surface area contributed by atoms with Gasteiger partial charge in [-0.05, 0) is 52.9 Å². The maximum absolute atomic E-state index is 11.5. The second-order valence-electron chi connectivity index (χ2n) is 9.12. The quantitative estimate of drug-likeness (QED) is 0.152. The predicted molar refractivity (Wildman–Crippen MR) is 122 cm³/mol. The molecule has 0 amide bonds. The Morgan fingerprint density at radius 2 is 1.06 bits per heavy atom. The van der Waals surface area contributed by atoms with Gasteiger partial charge in [-0.3, -0.25) is 14.4 Å². The van der Waals surface area contributed by atoms with Crippen molar-refractivity contribution in [1.82, 2.24) is 0 Å². The molecule has 0 rings (SSSR count). The van der Waals surface area contributed by atoms with Crippen molar-refractivity contribution in [2.75, 3.05) is 26.2 Å². The molecular weight excluding hydrogens is 398 g/mol. The largest absolute Gasteiger partial charge is 0.481 e. The highest BCUT2D eigenvalue weighted by molar-refractivity contribution is 5.70. The molecule has 0 aromatic rings. The van der Waals surface area contributed by atoms with Crippen molar-refractivity contribution in [2.24, 2.45) is 17.8 Å². The van der Waals surface area contributed by atoms with Crippen LogP contribution in [0.4, 0.5) is 0 Å². The van der Waals surface area contributed by atoms with Gasteiger partial charge in [0.05, 0.1) is 26.2 Å². The molecule has 7 heteroatoms. The zero-order chi connectivity index (χ0) is 23.9. The summed E-state index contributed by atoms with van der Waals surface area (Å²) in [6.45, 7) is 8.29. The maximum Gasteiger partial charge on any atom is 0.311 e. The summed E-state index contributed by atoms with van der Waals surface area (Å²) < 4.78 is 0.218. The van der Waals surface area contributed by atoms with Gasteiger partial charge in [-0.15, -0.1) is 0 Å². The number of nitrogens with zero attached hydrogens (tertiary/aromatic N) is 1. The number of allylic oxidation sites excluding steroid dienone is 2. The van der Waals surface area contributed by atoms with Crippen molar-refractivity contribution < 1.29 is 34.2 Å². The second kappa shape index (κ2) is 15.8. The molecule has 0 bridgehead atoms. The van der Waals surface area contributed by atoms with E-state index in [9.17, 15) is 29.7 Å². The van der Waals surface area contributed by atoms with Gasteiger partial charge >= 0.3 is 17.9 Å². The van der Waals surface area contributed by atoms with Crippen molar-refractivity contribution in [1.29, 1.82) is 0 Å². The molecule has 0 aliphatic heterocycles. The van der Waals surface area contributed by atoms with E-state index in [0.717, 1.165) is 38.5 Å². The number of hydrogen-bond acceptors (Lipinski definition) is 3. The van der Waals surface area contributed by atoms with E-state index in [1.165, 1.54) is 12.8 Å². The van der Waals surface area contributed by atoms with Gasteiger partial charge in [0.15, 0.2) is 0 Å². The number of unbranched alkanes of at least 4 members (excludes halogenated alkanes) is 6. The summed E-state index contributed by atoms with van der Waals surface area (Å²) in [4.78, 5) is 34.5. The first-order valence-electron chi connectivity index (χ1n) is 11.7. The van der Waals surface area contributed by atoms with Crippen LogP contribution in [0.2, 0.25) is 0 Å². The zero-order valence-corrected chi connectivity index (χ0v) is 19.9. The lowest BCUT2D eigenvalue weighted by atomic mass is 10.0. The van der Waals surface area contributed by atoms with Crippen LogP contribution in [0.15, 0.2) is 12.2 Å². The van der Waals surface area contributed by atoms with Gasteiger partial charge in [-0.2, -0.15) is 0 Å². The molecule has 3 unspecified atom stereocenters. The molecule has 180 valence electrons. The van der Waals surface area contributed by atoms with Gasteiger partial charge in [0.2, 0.25) is 0 Å². The second-order valence-corrected chi connectivity index (χ2v) is 9.12. The van der Waals surface area contributed by atoms with E-state index < -0.39 is 35.7 Å². The maximum atomic E-state index is 11.5. The molecule has 0 saturated carbocycles. The first-order chi connectivity index (χ1) is 14.5. The van der Waals surface area contributed by atoms with Crippen molar-refractivity contribution in [3.8, 4) is 0 Å². The Bertz CT molecular complexity index is 519. The van der Waals surface area contributed by atoms with Crippen LogP contribution in [-0.2, 0) is 14.4 Å². The minimum atomic E-state index is -0.939. The molecule has 0 aromatic carbocycles. The molecule has 0 fully saturated rings. The van der Waals surface area contributed by atoms with Gasteiger partial charge in [-0.1, -0.05) is 38.3 Å². The average Bonchev–Trinajstić information content (AvgIpc) is 2.68. The summed E-state index contributed by atoms with van der Waals surface area (Å²) in [7, 11) is 0. The van der Waals surface area contributed by atoms with E-state index >= 15 is 0 Å². The summed E-state index contributed by atoms with van der Waals surface area (Å²) >= 11 is 0. The summed E-state index contributed by atoms with van der Waals surface area (Å²) in [5, 5.41) is 28.3. The van der Waals surface area contributed by atoms with E-state index in [1.807, 2.05) is 0 Å². The van der Waals surface area contributed by atoms with E-state index in [2.05, 4.69) is 19.1 Å². The first kappa shape index (κ1) is 29.1. The highest BCUT2D eigenvalue weighted by Crippen LogP contribution is 2.22. The van der Waals surface area contributed by atoms with Crippen LogP contribution >= 0.6 is 0 Å². The molecular formula is C24H44NO6+. The highest BCUT2D eigenvalue weighted by atomic mass is 16.4. The van der Waals surface area contributed by atoms with Crippen LogP contribution in [0, 0.1) is 17.8 Å². The topological polar surface area (TPSA) is 112 Å². The molecule has 0 heterocycles. The Morgan fingerprint density at radius 1 is 0.677 bits per heavy atom.